The summed E-state index contributed by atoms with van der Waals surface area (Å²) in [7, 11) is 0. The Morgan fingerprint density at radius 3 is 2.50 bits per heavy atom. The van der Waals surface area contributed by atoms with E-state index in [1.54, 1.807) is 18.2 Å². The van der Waals surface area contributed by atoms with Crippen molar-refractivity contribution in [3.05, 3.63) is 33.3 Å². The van der Waals surface area contributed by atoms with Crippen LogP contribution in [0.4, 0.5) is 0 Å². The lowest BCUT2D eigenvalue weighted by molar-refractivity contribution is 0.0928. The van der Waals surface area contributed by atoms with E-state index in [2.05, 4.69) is 21.2 Å². The second-order valence-electron chi connectivity index (χ2n) is 4.58. The van der Waals surface area contributed by atoms with Crippen LogP contribution in [0.1, 0.15) is 36.0 Å². The molecule has 1 aliphatic rings. The van der Waals surface area contributed by atoms with Crippen molar-refractivity contribution in [2.24, 2.45) is 0 Å². The molecule has 0 radical (unpaired) electrons. The zero-order valence-corrected chi connectivity index (χ0v) is 12.9. The van der Waals surface area contributed by atoms with Crippen LogP contribution in [-0.2, 0) is 0 Å². The Morgan fingerprint density at radius 1 is 1.22 bits per heavy atom. The standard InChI is InChI=1S/C13H14BrCl2NO/c14-9-5-8(6-11(16)7-9)13(18)17-12-3-1-10(15)2-4-12/h5-7,10,12H,1-4H2,(H,17,18). The molecular formula is C13H14BrCl2NO. The largest absolute Gasteiger partial charge is 0.349 e. The number of amides is 1. The van der Waals surface area contributed by atoms with E-state index in [1.807, 2.05) is 0 Å². The Hall–Kier alpha value is -0.250. The lowest BCUT2D eigenvalue weighted by atomic mass is 9.95. The first-order chi connectivity index (χ1) is 8.54. The minimum absolute atomic E-state index is 0.0729. The third kappa shape index (κ3) is 3.87. The normalized spacial score (nSPS) is 23.7. The van der Waals surface area contributed by atoms with Crippen LogP contribution in [0.5, 0.6) is 0 Å². The predicted molar refractivity (Wildman–Crippen MR) is 78.5 cm³/mol. The van der Waals surface area contributed by atoms with Crippen LogP contribution in [-0.4, -0.2) is 17.3 Å². The van der Waals surface area contributed by atoms with Crippen molar-refractivity contribution in [1.82, 2.24) is 5.32 Å². The molecule has 0 unspecified atom stereocenters. The third-order valence-electron chi connectivity index (χ3n) is 3.12. The van der Waals surface area contributed by atoms with Gasteiger partial charge in [0.15, 0.2) is 0 Å². The first kappa shape index (κ1) is 14.2. The predicted octanol–water partition coefficient (Wildman–Crippen LogP) is 4.38. The van der Waals surface area contributed by atoms with E-state index in [-0.39, 0.29) is 17.3 Å². The molecule has 1 fully saturated rings. The number of carbonyl (C=O) groups excluding carboxylic acids is 1. The SMILES string of the molecule is O=C(NC1CCC(Cl)CC1)c1cc(Cl)cc(Br)c1. The van der Waals surface area contributed by atoms with Crippen molar-refractivity contribution in [3.8, 4) is 0 Å². The molecule has 5 heteroatoms. The molecule has 0 saturated heterocycles. The number of hydrogen-bond donors (Lipinski definition) is 1. The molecule has 0 aliphatic heterocycles. The van der Waals surface area contributed by atoms with E-state index < -0.39 is 0 Å². The molecule has 2 rings (SSSR count). The Kier molecular flexibility index (Phi) is 4.93. The van der Waals surface area contributed by atoms with Crippen LogP contribution >= 0.6 is 39.1 Å². The van der Waals surface area contributed by atoms with Crippen molar-refractivity contribution in [3.63, 3.8) is 0 Å². The van der Waals surface area contributed by atoms with Crippen LogP contribution in [0.25, 0.3) is 0 Å². The zero-order valence-electron chi connectivity index (χ0n) is 9.76. The van der Waals surface area contributed by atoms with Gasteiger partial charge in [-0.15, -0.1) is 11.6 Å². The average molecular weight is 351 g/mol. The molecule has 1 saturated carbocycles. The summed E-state index contributed by atoms with van der Waals surface area (Å²) in [6.45, 7) is 0. The minimum Gasteiger partial charge on any atom is -0.349 e. The molecule has 98 valence electrons. The smallest absolute Gasteiger partial charge is 0.251 e. The molecule has 0 atom stereocenters. The van der Waals surface area contributed by atoms with Crippen molar-refractivity contribution < 1.29 is 4.79 Å². The molecule has 1 aromatic carbocycles. The van der Waals surface area contributed by atoms with E-state index in [1.165, 1.54) is 0 Å². The number of rotatable bonds is 2. The monoisotopic (exact) mass is 349 g/mol. The van der Waals surface area contributed by atoms with Gasteiger partial charge < -0.3 is 5.32 Å². The Morgan fingerprint density at radius 2 is 1.89 bits per heavy atom. The fraction of sp³-hybridized carbons (Fsp3) is 0.462. The van der Waals surface area contributed by atoms with E-state index in [0.717, 1.165) is 30.2 Å². The second kappa shape index (κ2) is 6.27. The van der Waals surface area contributed by atoms with E-state index in [4.69, 9.17) is 23.2 Å². The molecule has 0 bridgehead atoms. The summed E-state index contributed by atoms with van der Waals surface area (Å²) in [4.78, 5) is 12.1. The molecule has 2 nitrogen and oxygen atoms in total. The Balaban J connectivity index is 1.99. The summed E-state index contributed by atoms with van der Waals surface area (Å²) in [5.41, 5.74) is 0.586. The van der Waals surface area contributed by atoms with Crippen LogP contribution in [0.3, 0.4) is 0 Å². The highest BCUT2D eigenvalue weighted by molar-refractivity contribution is 9.10. The molecule has 18 heavy (non-hydrogen) atoms. The molecule has 1 amide bonds. The van der Waals surface area contributed by atoms with Gasteiger partial charge in [0.25, 0.3) is 5.91 Å². The fourth-order valence-electron chi connectivity index (χ4n) is 2.15. The highest BCUT2D eigenvalue weighted by atomic mass is 79.9. The number of benzene rings is 1. The molecule has 1 aliphatic carbocycles. The molecule has 0 spiro atoms. The topological polar surface area (TPSA) is 29.1 Å². The fourth-order valence-corrected chi connectivity index (χ4v) is 3.26. The number of nitrogens with one attached hydrogen (secondary N) is 1. The summed E-state index contributed by atoms with van der Waals surface area (Å²) in [5, 5.41) is 3.85. The van der Waals surface area contributed by atoms with Gasteiger partial charge in [0, 0.05) is 26.5 Å². The average Bonchev–Trinajstić information content (AvgIpc) is 2.31. The number of hydrogen-bond acceptors (Lipinski definition) is 1. The maximum Gasteiger partial charge on any atom is 0.251 e. The van der Waals surface area contributed by atoms with Crippen LogP contribution in [0, 0.1) is 0 Å². The van der Waals surface area contributed by atoms with Gasteiger partial charge in [0.2, 0.25) is 0 Å². The van der Waals surface area contributed by atoms with Gasteiger partial charge in [0.1, 0.15) is 0 Å². The molecule has 0 aromatic heterocycles. The van der Waals surface area contributed by atoms with Gasteiger partial charge in [-0.05, 0) is 43.9 Å². The maximum atomic E-state index is 12.1. The second-order valence-corrected chi connectivity index (χ2v) is 6.55. The Bertz CT molecular complexity index is 424. The van der Waals surface area contributed by atoms with Gasteiger partial charge >= 0.3 is 0 Å². The van der Waals surface area contributed by atoms with Crippen molar-refractivity contribution in [1.29, 1.82) is 0 Å². The zero-order chi connectivity index (χ0) is 13.1. The van der Waals surface area contributed by atoms with Crippen molar-refractivity contribution in [2.75, 3.05) is 0 Å². The first-order valence-electron chi connectivity index (χ1n) is 5.95. The minimum atomic E-state index is -0.0729. The van der Waals surface area contributed by atoms with Gasteiger partial charge in [-0.3, -0.25) is 4.79 Å². The molecule has 0 heterocycles. The summed E-state index contributed by atoms with van der Waals surface area (Å²) < 4.78 is 0.810. The van der Waals surface area contributed by atoms with Gasteiger partial charge in [-0.25, -0.2) is 0 Å². The van der Waals surface area contributed by atoms with Crippen LogP contribution < -0.4 is 5.32 Å². The number of halogens is 3. The third-order valence-corrected chi connectivity index (χ3v) is 4.23. The molecule has 1 aromatic rings. The first-order valence-corrected chi connectivity index (χ1v) is 7.56. The quantitative estimate of drug-likeness (QED) is 0.788. The van der Waals surface area contributed by atoms with Gasteiger partial charge in [-0.1, -0.05) is 27.5 Å². The van der Waals surface area contributed by atoms with Gasteiger partial charge in [0.05, 0.1) is 0 Å². The van der Waals surface area contributed by atoms with E-state index in [0.29, 0.717) is 10.6 Å². The molecular weight excluding hydrogens is 337 g/mol. The van der Waals surface area contributed by atoms with Crippen molar-refractivity contribution in [2.45, 2.75) is 37.1 Å². The lowest BCUT2D eigenvalue weighted by Crippen LogP contribution is -2.37. The highest BCUT2D eigenvalue weighted by Crippen LogP contribution is 2.24. The summed E-state index contributed by atoms with van der Waals surface area (Å²) >= 11 is 15.3. The van der Waals surface area contributed by atoms with E-state index >= 15 is 0 Å². The summed E-state index contributed by atoms with van der Waals surface area (Å²) in [6.07, 6.45) is 3.82. The van der Waals surface area contributed by atoms with Crippen LogP contribution in [0.15, 0.2) is 22.7 Å². The molecule has 1 N–H and O–H groups in total. The maximum absolute atomic E-state index is 12.1. The Labute approximate surface area is 125 Å². The van der Waals surface area contributed by atoms with Crippen LogP contribution in [0.2, 0.25) is 5.02 Å². The number of alkyl halides is 1. The highest BCUT2D eigenvalue weighted by Gasteiger charge is 2.21. The van der Waals surface area contributed by atoms with Crippen molar-refractivity contribution >= 4 is 45.0 Å². The lowest BCUT2D eigenvalue weighted by Gasteiger charge is -2.25. The summed E-state index contributed by atoms with van der Waals surface area (Å²) in [5.74, 6) is -0.0729. The number of carbonyl (C=O) groups is 1. The summed E-state index contributed by atoms with van der Waals surface area (Å²) in [6, 6.07) is 5.44. The van der Waals surface area contributed by atoms with Gasteiger partial charge in [-0.2, -0.15) is 0 Å². The van der Waals surface area contributed by atoms with E-state index in [9.17, 15) is 4.79 Å².